The van der Waals surface area contributed by atoms with Crippen molar-refractivity contribution in [2.45, 2.75) is 37.0 Å². The van der Waals surface area contributed by atoms with Gasteiger partial charge in [-0.15, -0.1) is 0 Å². The predicted octanol–water partition coefficient (Wildman–Crippen LogP) is 0.496. The molecule has 2 rings (SSSR count). The Morgan fingerprint density at radius 1 is 1.48 bits per heavy atom. The molecular formula is C13H22N2O4S2. The van der Waals surface area contributed by atoms with Crippen LogP contribution in [0.4, 0.5) is 0 Å². The molecule has 0 bridgehead atoms. The van der Waals surface area contributed by atoms with Gasteiger partial charge >= 0.3 is 0 Å². The third-order valence-electron chi connectivity index (χ3n) is 3.73. The fourth-order valence-electron chi connectivity index (χ4n) is 2.36. The van der Waals surface area contributed by atoms with Crippen LogP contribution in [0.3, 0.4) is 0 Å². The molecule has 120 valence electrons. The number of aliphatic hydroxyl groups is 1. The van der Waals surface area contributed by atoms with Crippen molar-refractivity contribution in [1.29, 1.82) is 0 Å². The number of nitrogens with zero attached hydrogens (tertiary/aromatic N) is 1. The number of hydrogen-bond donors (Lipinski definition) is 2. The van der Waals surface area contributed by atoms with E-state index in [1.807, 2.05) is 13.8 Å². The molecule has 6 nitrogen and oxygen atoms in total. The number of aliphatic hydroxyl groups excluding tert-OH is 1. The Morgan fingerprint density at radius 3 is 2.76 bits per heavy atom. The summed E-state index contributed by atoms with van der Waals surface area (Å²) in [6, 6.07) is 0.943. The fraction of sp³-hybridized carbons (Fsp3) is 0.692. The highest BCUT2D eigenvalue weighted by atomic mass is 32.2. The molecule has 0 aromatic carbocycles. The van der Waals surface area contributed by atoms with E-state index in [1.54, 1.807) is 16.8 Å². The molecule has 1 aliphatic heterocycles. The molecule has 1 aromatic heterocycles. The normalized spacial score (nSPS) is 26.6. The van der Waals surface area contributed by atoms with Crippen LogP contribution in [0.2, 0.25) is 0 Å². The van der Waals surface area contributed by atoms with Gasteiger partial charge in [0.25, 0.3) is 0 Å². The molecule has 1 saturated heterocycles. The average Bonchev–Trinajstić information content (AvgIpc) is 3.09. The second kappa shape index (κ2) is 7.17. The molecule has 0 spiro atoms. The first-order chi connectivity index (χ1) is 9.97. The fourth-order valence-corrected chi connectivity index (χ4v) is 4.62. The smallest absolute Gasteiger partial charge is 0.241 e. The number of ether oxygens (including phenoxy) is 1. The van der Waals surface area contributed by atoms with Crippen molar-refractivity contribution in [3.8, 4) is 0 Å². The van der Waals surface area contributed by atoms with Crippen LogP contribution in [0.25, 0.3) is 0 Å². The molecule has 0 radical (unpaired) electrons. The zero-order valence-corrected chi connectivity index (χ0v) is 13.9. The van der Waals surface area contributed by atoms with E-state index in [9.17, 15) is 13.5 Å². The number of likely N-dealkylation sites (N-methyl/N-ethyl adjacent to an activating group) is 1. The minimum Gasteiger partial charge on any atom is -0.389 e. The summed E-state index contributed by atoms with van der Waals surface area (Å²) < 4.78 is 32.4. The van der Waals surface area contributed by atoms with Gasteiger partial charge in [0, 0.05) is 11.9 Å². The second-order valence-electron chi connectivity index (χ2n) is 5.04. The lowest BCUT2D eigenvalue weighted by Crippen LogP contribution is -2.46. The van der Waals surface area contributed by atoms with Gasteiger partial charge in [0.05, 0.1) is 29.8 Å². The molecule has 1 aromatic rings. The van der Waals surface area contributed by atoms with Crippen molar-refractivity contribution in [1.82, 2.24) is 9.62 Å². The summed E-state index contributed by atoms with van der Waals surface area (Å²) >= 11 is 1.32. The monoisotopic (exact) mass is 334 g/mol. The lowest BCUT2D eigenvalue weighted by Gasteiger charge is -2.24. The molecule has 1 fully saturated rings. The maximum atomic E-state index is 12.2. The molecule has 0 unspecified atom stereocenters. The van der Waals surface area contributed by atoms with Gasteiger partial charge in [-0.2, -0.15) is 11.3 Å². The van der Waals surface area contributed by atoms with E-state index in [1.165, 1.54) is 11.3 Å². The van der Waals surface area contributed by atoms with Crippen LogP contribution in [0.5, 0.6) is 0 Å². The minimum atomic E-state index is -3.59. The van der Waals surface area contributed by atoms with Gasteiger partial charge in [-0.25, -0.2) is 13.1 Å². The van der Waals surface area contributed by atoms with Crippen LogP contribution in [0, 0.1) is 0 Å². The summed E-state index contributed by atoms with van der Waals surface area (Å²) in [4.78, 5) is 2.37. The Morgan fingerprint density at radius 2 is 2.19 bits per heavy atom. The molecule has 0 saturated carbocycles. The summed E-state index contributed by atoms with van der Waals surface area (Å²) in [6.07, 6.45) is -1.20. The largest absolute Gasteiger partial charge is 0.389 e. The summed E-state index contributed by atoms with van der Waals surface area (Å²) in [5.41, 5.74) is 0. The van der Waals surface area contributed by atoms with E-state index in [-0.39, 0.29) is 17.6 Å². The number of hydrogen-bond acceptors (Lipinski definition) is 6. The van der Waals surface area contributed by atoms with E-state index < -0.39 is 22.2 Å². The van der Waals surface area contributed by atoms with Gasteiger partial charge in [0.15, 0.2) is 0 Å². The number of thiophene rings is 1. The van der Waals surface area contributed by atoms with E-state index in [4.69, 9.17) is 4.74 Å². The van der Waals surface area contributed by atoms with E-state index >= 15 is 0 Å². The van der Waals surface area contributed by atoms with Gasteiger partial charge in [0.2, 0.25) is 10.0 Å². The molecule has 0 aliphatic carbocycles. The first-order valence-corrected chi connectivity index (χ1v) is 9.47. The summed E-state index contributed by atoms with van der Waals surface area (Å²) in [5.74, 6) is 0. The topological polar surface area (TPSA) is 78.9 Å². The highest BCUT2D eigenvalue weighted by molar-refractivity contribution is 7.89. The maximum Gasteiger partial charge on any atom is 0.241 e. The van der Waals surface area contributed by atoms with Gasteiger partial charge in [0.1, 0.15) is 0 Å². The summed E-state index contributed by atoms with van der Waals surface area (Å²) in [5, 5.41) is 13.5. The van der Waals surface area contributed by atoms with Crippen molar-refractivity contribution >= 4 is 21.4 Å². The molecule has 2 heterocycles. The first-order valence-electron chi connectivity index (χ1n) is 7.04. The number of nitrogens with one attached hydrogen (secondary N) is 1. The molecule has 3 atom stereocenters. The highest BCUT2D eigenvalue weighted by Gasteiger charge is 2.38. The SMILES string of the molecule is CCN(CC)C[C@@H]1OC[C@@H](NS(=O)(=O)c2ccsc2)[C@H]1O. The van der Waals surface area contributed by atoms with Crippen LogP contribution in [0.15, 0.2) is 21.7 Å². The Balaban J connectivity index is 1.97. The Kier molecular flexibility index (Phi) is 5.75. The van der Waals surface area contributed by atoms with Crippen molar-refractivity contribution in [2.24, 2.45) is 0 Å². The van der Waals surface area contributed by atoms with Gasteiger partial charge in [-0.1, -0.05) is 13.8 Å². The second-order valence-corrected chi connectivity index (χ2v) is 7.53. The third kappa shape index (κ3) is 4.02. The van der Waals surface area contributed by atoms with Crippen molar-refractivity contribution in [2.75, 3.05) is 26.2 Å². The number of rotatable bonds is 7. The van der Waals surface area contributed by atoms with Crippen LogP contribution >= 0.6 is 11.3 Å². The number of sulfonamides is 1. The van der Waals surface area contributed by atoms with Crippen molar-refractivity contribution in [3.05, 3.63) is 16.8 Å². The maximum absolute atomic E-state index is 12.2. The quantitative estimate of drug-likeness (QED) is 0.759. The molecular weight excluding hydrogens is 312 g/mol. The zero-order valence-electron chi connectivity index (χ0n) is 12.2. The van der Waals surface area contributed by atoms with E-state index in [2.05, 4.69) is 9.62 Å². The molecule has 2 N–H and O–H groups in total. The lowest BCUT2D eigenvalue weighted by atomic mass is 10.1. The summed E-state index contributed by atoms with van der Waals surface area (Å²) in [6.45, 7) is 6.62. The Labute approximate surface area is 129 Å². The molecule has 21 heavy (non-hydrogen) atoms. The van der Waals surface area contributed by atoms with Gasteiger partial charge in [-0.3, -0.25) is 0 Å². The van der Waals surface area contributed by atoms with Crippen molar-refractivity contribution in [3.63, 3.8) is 0 Å². The lowest BCUT2D eigenvalue weighted by molar-refractivity contribution is 0.0175. The average molecular weight is 334 g/mol. The Hall–Kier alpha value is -0.510. The zero-order chi connectivity index (χ0) is 15.5. The van der Waals surface area contributed by atoms with Gasteiger partial charge < -0.3 is 14.7 Å². The molecule has 0 amide bonds. The van der Waals surface area contributed by atoms with E-state index in [0.717, 1.165) is 13.1 Å². The minimum absolute atomic E-state index is 0.191. The first kappa shape index (κ1) is 16.9. The van der Waals surface area contributed by atoms with Crippen LogP contribution in [-0.2, 0) is 14.8 Å². The van der Waals surface area contributed by atoms with Gasteiger partial charge in [-0.05, 0) is 24.5 Å². The standard InChI is InChI=1S/C13H22N2O4S2/c1-3-15(4-2)7-12-13(16)11(8-19-12)14-21(17,18)10-5-6-20-9-10/h5-6,9,11-14,16H,3-4,7-8H2,1-2H3/t11-,12+,13-/m1/s1. The van der Waals surface area contributed by atoms with E-state index in [0.29, 0.717) is 6.54 Å². The molecule has 8 heteroatoms. The third-order valence-corrected chi connectivity index (χ3v) is 6.05. The highest BCUT2D eigenvalue weighted by Crippen LogP contribution is 2.19. The van der Waals surface area contributed by atoms with Crippen LogP contribution in [-0.4, -0.2) is 62.9 Å². The Bertz CT molecular complexity index is 528. The van der Waals surface area contributed by atoms with Crippen LogP contribution in [0.1, 0.15) is 13.8 Å². The summed E-state index contributed by atoms with van der Waals surface area (Å²) in [7, 11) is -3.59. The predicted molar refractivity (Wildman–Crippen MR) is 82.0 cm³/mol. The van der Waals surface area contributed by atoms with Crippen molar-refractivity contribution < 1.29 is 18.3 Å². The van der Waals surface area contributed by atoms with Crippen LogP contribution < -0.4 is 4.72 Å². The molecule has 1 aliphatic rings.